The van der Waals surface area contributed by atoms with Crippen molar-refractivity contribution in [2.24, 2.45) is 17.3 Å². The molecule has 1 amide bonds. The van der Waals surface area contributed by atoms with Crippen LogP contribution >= 0.6 is 0 Å². The zero-order chi connectivity index (χ0) is 14.6. The van der Waals surface area contributed by atoms with Crippen molar-refractivity contribution in [3.8, 4) is 0 Å². The number of rotatable bonds is 5. The normalized spacial score (nSPS) is 25.1. The Morgan fingerprint density at radius 1 is 1.42 bits per heavy atom. The number of carboxylic acid groups (broad SMARTS) is 1. The number of hydrogen-bond acceptors (Lipinski definition) is 3. The third-order valence-electron chi connectivity index (χ3n) is 3.55. The largest absolute Gasteiger partial charge is 0.481 e. The van der Waals surface area contributed by atoms with Gasteiger partial charge in [-0.25, -0.2) is 0 Å². The van der Waals surface area contributed by atoms with Gasteiger partial charge < -0.3 is 15.7 Å². The zero-order valence-corrected chi connectivity index (χ0v) is 12.3. The van der Waals surface area contributed by atoms with Crippen LogP contribution in [0.5, 0.6) is 0 Å². The van der Waals surface area contributed by atoms with Crippen LogP contribution in [0.25, 0.3) is 0 Å². The number of carbonyl (C=O) groups is 2. The van der Waals surface area contributed by atoms with Gasteiger partial charge >= 0.3 is 5.97 Å². The summed E-state index contributed by atoms with van der Waals surface area (Å²) in [7, 11) is 0. The molecule has 1 saturated heterocycles. The minimum atomic E-state index is -0.845. The molecule has 1 heterocycles. The second-order valence-corrected chi connectivity index (χ2v) is 6.74. The second kappa shape index (κ2) is 6.37. The maximum atomic E-state index is 12.0. The summed E-state index contributed by atoms with van der Waals surface area (Å²) in [5.74, 6) is -1.14. The zero-order valence-electron chi connectivity index (χ0n) is 12.3. The average molecular weight is 270 g/mol. The van der Waals surface area contributed by atoms with E-state index in [0.717, 1.165) is 13.0 Å². The van der Waals surface area contributed by atoms with E-state index in [2.05, 4.69) is 10.6 Å². The molecule has 0 aromatic heterocycles. The summed E-state index contributed by atoms with van der Waals surface area (Å²) in [5, 5.41) is 15.1. The van der Waals surface area contributed by atoms with Gasteiger partial charge in [0.05, 0.1) is 12.0 Å². The van der Waals surface area contributed by atoms with Crippen molar-refractivity contribution in [2.45, 2.75) is 46.6 Å². The number of aliphatic carboxylic acids is 1. The third kappa shape index (κ3) is 5.19. The minimum absolute atomic E-state index is 0.0628. The Bertz CT molecular complexity index is 336. The molecule has 0 bridgehead atoms. The predicted molar refractivity (Wildman–Crippen MR) is 73.8 cm³/mol. The highest BCUT2D eigenvalue weighted by atomic mass is 16.4. The van der Waals surface area contributed by atoms with Crippen LogP contribution in [0.1, 0.15) is 40.5 Å². The van der Waals surface area contributed by atoms with Crippen LogP contribution in [0.3, 0.4) is 0 Å². The van der Waals surface area contributed by atoms with Crippen LogP contribution in [-0.2, 0) is 9.59 Å². The van der Waals surface area contributed by atoms with Gasteiger partial charge in [0, 0.05) is 6.54 Å². The van der Waals surface area contributed by atoms with Gasteiger partial charge in [-0.1, -0.05) is 27.7 Å². The molecule has 0 aliphatic carbocycles. The summed E-state index contributed by atoms with van der Waals surface area (Å²) in [5.41, 5.74) is -0.0628. The smallest absolute Gasteiger partial charge is 0.308 e. The summed E-state index contributed by atoms with van der Waals surface area (Å²) < 4.78 is 0. The molecule has 0 spiro atoms. The van der Waals surface area contributed by atoms with Gasteiger partial charge in [0.2, 0.25) is 5.91 Å². The number of nitrogens with one attached hydrogen (secondary N) is 2. The molecule has 3 N–H and O–H groups in total. The molecule has 1 fully saturated rings. The Kier molecular flexibility index (Phi) is 5.35. The molecule has 5 nitrogen and oxygen atoms in total. The minimum Gasteiger partial charge on any atom is -0.481 e. The number of carbonyl (C=O) groups excluding carboxylic acids is 1. The van der Waals surface area contributed by atoms with E-state index in [1.165, 1.54) is 0 Å². The van der Waals surface area contributed by atoms with Crippen LogP contribution in [0.15, 0.2) is 0 Å². The fourth-order valence-electron chi connectivity index (χ4n) is 2.51. The maximum Gasteiger partial charge on any atom is 0.308 e. The Balaban J connectivity index is 2.47. The van der Waals surface area contributed by atoms with E-state index in [1.54, 1.807) is 0 Å². The van der Waals surface area contributed by atoms with Crippen molar-refractivity contribution in [1.82, 2.24) is 10.6 Å². The quantitative estimate of drug-likeness (QED) is 0.702. The Hall–Kier alpha value is -1.10. The lowest BCUT2D eigenvalue weighted by molar-refractivity contribution is -0.142. The molecule has 3 unspecified atom stereocenters. The first-order valence-electron chi connectivity index (χ1n) is 6.94. The lowest BCUT2D eigenvalue weighted by atomic mass is 9.84. The molecule has 0 aromatic rings. The summed E-state index contributed by atoms with van der Waals surface area (Å²) in [6.07, 6.45) is 1.54. The molecule has 0 aromatic carbocycles. The first-order valence-corrected chi connectivity index (χ1v) is 6.94. The average Bonchev–Trinajstić information content (AvgIpc) is 2.68. The molecule has 0 radical (unpaired) electrons. The monoisotopic (exact) mass is 270 g/mol. The van der Waals surface area contributed by atoms with Crippen LogP contribution in [0, 0.1) is 17.3 Å². The van der Waals surface area contributed by atoms with Crippen LogP contribution in [-0.4, -0.2) is 36.1 Å². The predicted octanol–water partition coefficient (Wildman–Crippen LogP) is 1.24. The molecule has 5 heteroatoms. The van der Waals surface area contributed by atoms with Crippen molar-refractivity contribution in [3.05, 3.63) is 0 Å². The van der Waals surface area contributed by atoms with E-state index in [4.69, 9.17) is 0 Å². The van der Waals surface area contributed by atoms with E-state index in [0.29, 0.717) is 12.3 Å². The van der Waals surface area contributed by atoms with Gasteiger partial charge in [0.15, 0.2) is 0 Å². The van der Waals surface area contributed by atoms with Gasteiger partial charge in [-0.2, -0.15) is 0 Å². The van der Waals surface area contributed by atoms with E-state index in [9.17, 15) is 14.7 Å². The highest BCUT2D eigenvalue weighted by molar-refractivity contribution is 5.83. The third-order valence-corrected chi connectivity index (χ3v) is 3.55. The van der Waals surface area contributed by atoms with Gasteiger partial charge in [-0.05, 0) is 30.7 Å². The van der Waals surface area contributed by atoms with Crippen LogP contribution in [0.4, 0.5) is 0 Å². The maximum absolute atomic E-state index is 12.0. The second-order valence-electron chi connectivity index (χ2n) is 6.74. The van der Waals surface area contributed by atoms with Crippen molar-refractivity contribution in [3.63, 3.8) is 0 Å². The molecule has 0 saturated carbocycles. The first-order chi connectivity index (χ1) is 8.70. The van der Waals surface area contributed by atoms with E-state index in [1.807, 2.05) is 27.7 Å². The van der Waals surface area contributed by atoms with E-state index in [-0.39, 0.29) is 23.9 Å². The standard InChI is InChI=1S/C14H26N2O3/c1-9-5-6-15-11(9)12(17)16-8-10(13(18)19)7-14(2,3)4/h9-11,15H,5-8H2,1-4H3,(H,16,17)(H,18,19). The molecule has 110 valence electrons. The van der Waals surface area contributed by atoms with Crippen molar-refractivity contribution in [1.29, 1.82) is 0 Å². The summed E-state index contributed by atoms with van der Waals surface area (Å²) in [6, 6.07) is -0.177. The van der Waals surface area contributed by atoms with Crippen LogP contribution in [0.2, 0.25) is 0 Å². The topological polar surface area (TPSA) is 78.4 Å². The molecule has 1 aliphatic heterocycles. The highest BCUT2D eigenvalue weighted by Gasteiger charge is 2.31. The molecular formula is C14H26N2O3. The fourth-order valence-corrected chi connectivity index (χ4v) is 2.51. The van der Waals surface area contributed by atoms with Gasteiger partial charge in [0.1, 0.15) is 0 Å². The summed E-state index contributed by atoms with van der Waals surface area (Å²) in [6.45, 7) is 9.11. The number of carboxylic acids is 1. The van der Waals surface area contributed by atoms with Gasteiger partial charge in [0.25, 0.3) is 0 Å². The number of amides is 1. The lowest BCUT2D eigenvalue weighted by Gasteiger charge is -2.24. The van der Waals surface area contributed by atoms with Gasteiger partial charge in [-0.15, -0.1) is 0 Å². The van der Waals surface area contributed by atoms with Crippen molar-refractivity contribution >= 4 is 11.9 Å². The van der Waals surface area contributed by atoms with Gasteiger partial charge in [-0.3, -0.25) is 9.59 Å². The van der Waals surface area contributed by atoms with Crippen molar-refractivity contribution in [2.75, 3.05) is 13.1 Å². The first kappa shape index (κ1) is 16.0. The molecular weight excluding hydrogens is 244 g/mol. The Morgan fingerprint density at radius 3 is 2.47 bits per heavy atom. The van der Waals surface area contributed by atoms with E-state index < -0.39 is 11.9 Å². The van der Waals surface area contributed by atoms with Crippen LogP contribution < -0.4 is 10.6 Å². The lowest BCUT2D eigenvalue weighted by Crippen LogP contribution is -2.45. The SMILES string of the molecule is CC1CCNC1C(=O)NCC(CC(C)(C)C)C(=O)O. The Labute approximate surface area is 115 Å². The highest BCUT2D eigenvalue weighted by Crippen LogP contribution is 2.24. The van der Waals surface area contributed by atoms with E-state index >= 15 is 0 Å². The molecule has 19 heavy (non-hydrogen) atoms. The molecule has 3 atom stereocenters. The summed E-state index contributed by atoms with van der Waals surface area (Å²) >= 11 is 0. The molecule has 1 rings (SSSR count). The van der Waals surface area contributed by atoms with Crippen molar-refractivity contribution < 1.29 is 14.7 Å². The molecule has 1 aliphatic rings. The fraction of sp³-hybridized carbons (Fsp3) is 0.857. The summed E-state index contributed by atoms with van der Waals surface area (Å²) in [4.78, 5) is 23.2. The Morgan fingerprint density at radius 2 is 2.05 bits per heavy atom. The number of hydrogen-bond donors (Lipinski definition) is 3.